The lowest BCUT2D eigenvalue weighted by Gasteiger charge is -2.19. The second-order valence-electron chi connectivity index (χ2n) is 3.94. The molecule has 102 valence electrons. The van der Waals surface area contributed by atoms with Gasteiger partial charge in [-0.2, -0.15) is 5.10 Å². The molecule has 0 aliphatic heterocycles. The Morgan fingerprint density at radius 3 is 2.58 bits per heavy atom. The molecule has 4 nitrogen and oxygen atoms in total. The molecule has 19 heavy (non-hydrogen) atoms. The molecule has 1 N–H and O–H groups in total. The fourth-order valence-electron chi connectivity index (χ4n) is 1.95. The summed E-state index contributed by atoms with van der Waals surface area (Å²) >= 11 is 10.5. The number of nitrogens with one attached hydrogen (secondary N) is 1. The van der Waals surface area contributed by atoms with Crippen molar-refractivity contribution in [2.24, 2.45) is 0 Å². The highest BCUT2D eigenvalue weighted by molar-refractivity contribution is 9.11. The van der Waals surface area contributed by atoms with Gasteiger partial charge in [0.2, 0.25) is 0 Å². The van der Waals surface area contributed by atoms with E-state index in [4.69, 9.17) is 0 Å². The van der Waals surface area contributed by atoms with Gasteiger partial charge in [0.25, 0.3) is 0 Å². The monoisotopic (exact) mass is 450 g/mol. The Labute approximate surface area is 137 Å². The molecular formula is C12H13Br3N4. The minimum atomic E-state index is -0.0284. The second-order valence-corrected chi connectivity index (χ2v) is 6.56. The smallest absolute Gasteiger partial charge is 0.0942 e. The number of pyridine rings is 1. The molecule has 1 atom stereocenters. The topological polar surface area (TPSA) is 42.7 Å². The molecule has 0 saturated heterocycles. The zero-order valence-electron chi connectivity index (χ0n) is 10.5. The van der Waals surface area contributed by atoms with Crippen LogP contribution < -0.4 is 5.32 Å². The van der Waals surface area contributed by atoms with Gasteiger partial charge in [0.1, 0.15) is 0 Å². The van der Waals surface area contributed by atoms with E-state index < -0.39 is 0 Å². The number of hydrogen-bond acceptors (Lipinski definition) is 3. The SMILES string of the molecule is CCn1ncc(Br)c1C(NC)c1ncc(Br)cc1Br. The van der Waals surface area contributed by atoms with Gasteiger partial charge >= 0.3 is 0 Å². The summed E-state index contributed by atoms with van der Waals surface area (Å²) in [5.74, 6) is 0. The first-order chi connectivity index (χ1) is 9.08. The minimum absolute atomic E-state index is 0.0284. The van der Waals surface area contributed by atoms with E-state index in [1.165, 1.54) is 0 Å². The summed E-state index contributed by atoms with van der Waals surface area (Å²) in [5, 5.41) is 7.65. The van der Waals surface area contributed by atoms with Crippen LogP contribution in [0, 0.1) is 0 Å². The molecule has 0 radical (unpaired) electrons. The van der Waals surface area contributed by atoms with Gasteiger partial charge in [-0.3, -0.25) is 9.67 Å². The van der Waals surface area contributed by atoms with Gasteiger partial charge in [-0.05, 0) is 67.8 Å². The Morgan fingerprint density at radius 2 is 2.00 bits per heavy atom. The molecule has 0 aliphatic rings. The highest BCUT2D eigenvalue weighted by Crippen LogP contribution is 2.32. The minimum Gasteiger partial charge on any atom is -0.307 e. The lowest BCUT2D eigenvalue weighted by molar-refractivity contribution is 0.553. The van der Waals surface area contributed by atoms with Crippen LogP contribution in [-0.2, 0) is 6.54 Å². The van der Waals surface area contributed by atoms with E-state index in [-0.39, 0.29) is 6.04 Å². The number of aryl methyl sites for hydroxylation is 1. The van der Waals surface area contributed by atoms with Crippen LogP contribution in [0.15, 0.2) is 31.9 Å². The predicted molar refractivity (Wildman–Crippen MR) is 86.1 cm³/mol. The Hall–Kier alpha value is -0.240. The van der Waals surface area contributed by atoms with Crippen molar-refractivity contribution in [3.63, 3.8) is 0 Å². The largest absolute Gasteiger partial charge is 0.307 e. The molecule has 2 heterocycles. The Bertz CT molecular complexity index is 582. The van der Waals surface area contributed by atoms with Crippen LogP contribution in [0.25, 0.3) is 0 Å². The average Bonchev–Trinajstić information content (AvgIpc) is 2.74. The van der Waals surface area contributed by atoms with Crippen molar-refractivity contribution in [2.75, 3.05) is 7.05 Å². The van der Waals surface area contributed by atoms with E-state index in [1.54, 1.807) is 6.20 Å². The van der Waals surface area contributed by atoms with Gasteiger partial charge in [-0.1, -0.05) is 0 Å². The van der Waals surface area contributed by atoms with Crippen molar-refractivity contribution in [1.29, 1.82) is 0 Å². The third kappa shape index (κ3) is 3.09. The van der Waals surface area contributed by atoms with E-state index in [2.05, 4.69) is 70.1 Å². The molecule has 0 spiro atoms. The van der Waals surface area contributed by atoms with Crippen LogP contribution in [0.5, 0.6) is 0 Å². The third-order valence-corrected chi connectivity index (χ3v) is 4.48. The molecule has 0 bridgehead atoms. The summed E-state index contributed by atoms with van der Waals surface area (Å²) < 4.78 is 4.84. The Kier molecular flexibility index (Phi) is 5.16. The second kappa shape index (κ2) is 6.47. The number of hydrogen-bond donors (Lipinski definition) is 1. The molecule has 1 unspecified atom stereocenters. The van der Waals surface area contributed by atoms with Crippen molar-refractivity contribution in [3.8, 4) is 0 Å². The first-order valence-electron chi connectivity index (χ1n) is 5.77. The van der Waals surface area contributed by atoms with Crippen molar-refractivity contribution < 1.29 is 0 Å². The highest BCUT2D eigenvalue weighted by atomic mass is 79.9. The van der Waals surface area contributed by atoms with Crippen molar-refractivity contribution in [1.82, 2.24) is 20.1 Å². The third-order valence-electron chi connectivity index (χ3n) is 2.80. The summed E-state index contributed by atoms with van der Waals surface area (Å²) in [7, 11) is 1.92. The zero-order valence-corrected chi connectivity index (χ0v) is 15.3. The van der Waals surface area contributed by atoms with E-state index in [0.29, 0.717) is 0 Å². The zero-order chi connectivity index (χ0) is 14.0. The quantitative estimate of drug-likeness (QED) is 0.765. The fourth-order valence-corrected chi connectivity index (χ4v) is 3.69. The van der Waals surface area contributed by atoms with Crippen molar-refractivity contribution in [2.45, 2.75) is 19.5 Å². The molecular weight excluding hydrogens is 440 g/mol. The summed E-state index contributed by atoms with van der Waals surface area (Å²) in [4.78, 5) is 4.50. The molecule has 0 aliphatic carbocycles. The molecule has 2 aromatic rings. The molecule has 7 heteroatoms. The fraction of sp³-hybridized carbons (Fsp3) is 0.333. The predicted octanol–water partition coefficient (Wildman–Crippen LogP) is 3.89. The van der Waals surface area contributed by atoms with Crippen LogP contribution in [0.2, 0.25) is 0 Å². The average molecular weight is 453 g/mol. The van der Waals surface area contributed by atoms with Gasteiger partial charge < -0.3 is 5.32 Å². The summed E-state index contributed by atoms with van der Waals surface area (Å²) in [6.45, 7) is 2.88. The van der Waals surface area contributed by atoms with E-state index >= 15 is 0 Å². The number of halogens is 3. The van der Waals surface area contributed by atoms with Crippen LogP contribution in [-0.4, -0.2) is 21.8 Å². The molecule has 2 rings (SSSR count). The molecule has 0 aromatic carbocycles. The first-order valence-corrected chi connectivity index (χ1v) is 8.15. The van der Waals surface area contributed by atoms with Crippen LogP contribution >= 0.6 is 47.8 Å². The van der Waals surface area contributed by atoms with E-state index in [1.807, 2.05) is 24.0 Å². The highest BCUT2D eigenvalue weighted by Gasteiger charge is 2.23. The maximum absolute atomic E-state index is 4.50. The maximum Gasteiger partial charge on any atom is 0.0942 e. The van der Waals surface area contributed by atoms with Crippen molar-refractivity contribution >= 4 is 47.8 Å². The van der Waals surface area contributed by atoms with E-state index in [9.17, 15) is 0 Å². The standard InChI is InChI=1S/C12H13Br3N4/c1-3-19-12(9(15)6-18-19)11(16-2)10-8(14)4-7(13)5-17-10/h4-6,11,16H,3H2,1-2H3. The molecule has 0 fully saturated rings. The lowest BCUT2D eigenvalue weighted by atomic mass is 10.1. The van der Waals surface area contributed by atoms with Gasteiger partial charge in [-0.25, -0.2) is 0 Å². The van der Waals surface area contributed by atoms with Crippen LogP contribution in [0.4, 0.5) is 0 Å². The maximum atomic E-state index is 4.50. The molecule has 0 amide bonds. The van der Waals surface area contributed by atoms with Gasteiger partial charge in [-0.15, -0.1) is 0 Å². The molecule has 2 aromatic heterocycles. The Morgan fingerprint density at radius 1 is 1.26 bits per heavy atom. The summed E-state index contributed by atoms with van der Waals surface area (Å²) in [6, 6.07) is 1.96. The first kappa shape index (κ1) is 15.2. The number of aromatic nitrogens is 3. The lowest BCUT2D eigenvalue weighted by Crippen LogP contribution is -2.23. The van der Waals surface area contributed by atoms with E-state index in [0.717, 1.165) is 31.4 Å². The Balaban J connectivity index is 2.52. The van der Waals surface area contributed by atoms with Crippen molar-refractivity contribution in [3.05, 3.63) is 43.3 Å². The number of rotatable bonds is 4. The van der Waals surface area contributed by atoms with Gasteiger partial charge in [0, 0.05) is 21.7 Å². The summed E-state index contributed by atoms with van der Waals surface area (Å²) in [5.41, 5.74) is 2.00. The van der Waals surface area contributed by atoms with Gasteiger partial charge in [0.15, 0.2) is 0 Å². The van der Waals surface area contributed by atoms with Gasteiger partial charge in [0.05, 0.1) is 28.1 Å². The van der Waals surface area contributed by atoms with Crippen LogP contribution in [0.3, 0.4) is 0 Å². The van der Waals surface area contributed by atoms with Crippen LogP contribution in [0.1, 0.15) is 24.4 Å². The summed E-state index contributed by atoms with van der Waals surface area (Å²) in [6.07, 6.45) is 3.61. The number of nitrogens with zero attached hydrogens (tertiary/aromatic N) is 3. The molecule has 0 saturated carbocycles. The normalized spacial score (nSPS) is 12.7.